The van der Waals surface area contributed by atoms with Gasteiger partial charge in [-0.05, 0) is 17.7 Å². The average Bonchev–Trinajstić information content (AvgIpc) is 3.26. The molecule has 0 aromatic heterocycles. The van der Waals surface area contributed by atoms with Gasteiger partial charge in [0, 0.05) is 19.1 Å². The lowest BCUT2D eigenvalue weighted by Gasteiger charge is -2.33. The van der Waals surface area contributed by atoms with Gasteiger partial charge in [0.15, 0.2) is 6.04 Å². The van der Waals surface area contributed by atoms with Crippen LogP contribution in [0.25, 0.3) is 0 Å². The molecule has 0 unspecified atom stereocenters. The molecule has 2 aromatic carbocycles. The van der Waals surface area contributed by atoms with E-state index in [9.17, 15) is 24.3 Å². The normalized spacial score (nSPS) is 16.2. The minimum absolute atomic E-state index is 0.0455. The molecule has 11 heteroatoms. The number of nitrogens with one attached hydrogen (secondary N) is 1. The Morgan fingerprint density at radius 1 is 1.12 bits per heavy atom. The zero-order chi connectivity index (χ0) is 24.1. The van der Waals surface area contributed by atoms with Crippen molar-refractivity contribution in [3.63, 3.8) is 0 Å². The Kier molecular flexibility index (Phi) is 8.23. The highest BCUT2D eigenvalue weighted by Crippen LogP contribution is 2.26. The standard InChI is InChI=1S/C22H21Cl2N3O5S/c1-13(28)26-12-33-11-18(26)21(30)27(17(22(31)32)10-14-6-3-2-4-7-14)25-20(29)19-15(23)8-5-9-16(19)24/h2-9,17-18H,10-12H2,1H3,(H,25,29)(H,31,32)/t17-,18+/m0/s1. The number of benzene rings is 2. The monoisotopic (exact) mass is 509 g/mol. The smallest absolute Gasteiger partial charge is 0.328 e. The molecule has 8 nitrogen and oxygen atoms in total. The van der Waals surface area contributed by atoms with Crippen LogP contribution in [0.15, 0.2) is 48.5 Å². The Bertz CT molecular complexity index is 1050. The van der Waals surface area contributed by atoms with Crippen LogP contribution in [0.4, 0.5) is 0 Å². The zero-order valence-electron chi connectivity index (χ0n) is 17.5. The van der Waals surface area contributed by atoms with Gasteiger partial charge in [-0.15, -0.1) is 11.8 Å². The van der Waals surface area contributed by atoms with Crippen molar-refractivity contribution < 1.29 is 24.3 Å². The quantitative estimate of drug-likeness (QED) is 0.579. The SMILES string of the molecule is CC(=O)N1CSC[C@@H]1C(=O)N(NC(=O)c1c(Cl)cccc1Cl)[C@@H](Cc1ccccc1)C(=O)O. The molecule has 0 radical (unpaired) electrons. The largest absolute Gasteiger partial charge is 0.480 e. The molecule has 3 rings (SSSR count). The van der Waals surface area contributed by atoms with Crippen LogP contribution in [-0.2, 0) is 20.8 Å². The molecular formula is C22H21Cl2N3O5S. The maximum absolute atomic E-state index is 13.5. The van der Waals surface area contributed by atoms with Gasteiger partial charge in [-0.25, -0.2) is 9.80 Å². The summed E-state index contributed by atoms with van der Waals surface area (Å²) < 4.78 is 0. The fraction of sp³-hybridized carbons (Fsp3) is 0.273. The summed E-state index contributed by atoms with van der Waals surface area (Å²) in [7, 11) is 0. The third-order valence-corrected chi connectivity index (χ3v) is 6.73. The first-order valence-corrected chi connectivity index (χ1v) is 11.8. The minimum Gasteiger partial charge on any atom is -0.480 e. The number of carbonyl (C=O) groups excluding carboxylic acids is 3. The predicted octanol–water partition coefficient (Wildman–Crippen LogP) is 3.08. The first kappa shape index (κ1) is 24.9. The number of amides is 3. The van der Waals surface area contributed by atoms with Crippen molar-refractivity contribution in [3.05, 3.63) is 69.7 Å². The van der Waals surface area contributed by atoms with Gasteiger partial charge in [-0.1, -0.05) is 59.6 Å². The van der Waals surface area contributed by atoms with E-state index in [1.807, 2.05) is 0 Å². The number of carbonyl (C=O) groups is 4. The van der Waals surface area contributed by atoms with Crippen LogP contribution in [0.3, 0.4) is 0 Å². The fourth-order valence-electron chi connectivity index (χ4n) is 3.41. The Hall–Kier alpha value is -2.75. The van der Waals surface area contributed by atoms with Gasteiger partial charge in [0.2, 0.25) is 5.91 Å². The van der Waals surface area contributed by atoms with E-state index in [-0.39, 0.29) is 33.7 Å². The third kappa shape index (κ3) is 5.79. The molecule has 33 heavy (non-hydrogen) atoms. The molecule has 0 spiro atoms. The Balaban J connectivity index is 1.99. The molecule has 1 aliphatic heterocycles. The van der Waals surface area contributed by atoms with Crippen LogP contribution in [-0.4, -0.2) is 62.4 Å². The lowest BCUT2D eigenvalue weighted by Crippen LogP contribution is -2.60. The number of aliphatic carboxylic acids is 1. The summed E-state index contributed by atoms with van der Waals surface area (Å²) in [6.07, 6.45) is -0.0711. The molecule has 0 saturated carbocycles. The molecule has 2 aromatic rings. The fourth-order valence-corrected chi connectivity index (χ4v) is 5.19. The number of thioether (sulfide) groups is 1. The van der Waals surface area contributed by atoms with E-state index in [1.54, 1.807) is 36.4 Å². The van der Waals surface area contributed by atoms with E-state index in [4.69, 9.17) is 23.2 Å². The van der Waals surface area contributed by atoms with Crippen molar-refractivity contribution in [1.82, 2.24) is 15.3 Å². The molecule has 0 aliphatic carbocycles. The number of rotatable bonds is 6. The van der Waals surface area contributed by atoms with Crippen LogP contribution in [0, 0.1) is 0 Å². The van der Waals surface area contributed by atoms with Crippen LogP contribution < -0.4 is 5.43 Å². The van der Waals surface area contributed by atoms with Crippen molar-refractivity contribution in [2.45, 2.75) is 25.4 Å². The Morgan fingerprint density at radius 2 is 1.76 bits per heavy atom. The van der Waals surface area contributed by atoms with Gasteiger partial charge in [0.1, 0.15) is 6.04 Å². The summed E-state index contributed by atoms with van der Waals surface area (Å²) in [6, 6.07) is 10.8. The number of nitrogens with zero attached hydrogens (tertiary/aromatic N) is 2. The number of hydrazine groups is 1. The number of carboxylic acids is 1. The van der Waals surface area contributed by atoms with E-state index in [0.717, 1.165) is 5.01 Å². The number of carboxylic acid groups (broad SMARTS) is 1. The van der Waals surface area contributed by atoms with Crippen LogP contribution >= 0.6 is 35.0 Å². The summed E-state index contributed by atoms with van der Waals surface area (Å²) in [6.45, 7) is 1.33. The first-order valence-electron chi connectivity index (χ1n) is 9.90. The molecule has 2 N–H and O–H groups in total. The van der Waals surface area contributed by atoms with Crippen molar-refractivity contribution in [1.29, 1.82) is 0 Å². The van der Waals surface area contributed by atoms with Crippen molar-refractivity contribution in [2.24, 2.45) is 0 Å². The van der Waals surface area contributed by atoms with Gasteiger partial charge >= 0.3 is 5.97 Å². The van der Waals surface area contributed by atoms with E-state index in [0.29, 0.717) is 11.4 Å². The second-order valence-corrected chi connectivity index (χ2v) is 9.11. The zero-order valence-corrected chi connectivity index (χ0v) is 19.9. The van der Waals surface area contributed by atoms with Gasteiger partial charge < -0.3 is 10.0 Å². The van der Waals surface area contributed by atoms with Crippen LogP contribution in [0.2, 0.25) is 10.0 Å². The molecule has 0 bridgehead atoms. The Morgan fingerprint density at radius 3 is 2.33 bits per heavy atom. The van der Waals surface area contributed by atoms with Crippen molar-refractivity contribution in [2.75, 3.05) is 11.6 Å². The van der Waals surface area contributed by atoms with E-state index >= 15 is 0 Å². The van der Waals surface area contributed by atoms with Crippen molar-refractivity contribution >= 4 is 58.7 Å². The second-order valence-electron chi connectivity index (χ2n) is 7.29. The number of hydrogen-bond donors (Lipinski definition) is 2. The first-order chi connectivity index (χ1) is 15.7. The molecule has 1 saturated heterocycles. The highest BCUT2D eigenvalue weighted by Gasteiger charge is 2.41. The third-order valence-electron chi connectivity index (χ3n) is 5.09. The average molecular weight is 510 g/mol. The number of halogens is 2. The highest BCUT2D eigenvalue weighted by atomic mass is 35.5. The molecule has 1 fully saturated rings. The molecule has 174 valence electrons. The lowest BCUT2D eigenvalue weighted by atomic mass is 10.0. The van der Waals surface area contributed by atoms with Gasteiger partial charge in [-0.3, -0.25) is 19.8 Å². The lowest BCUT2D eigenvalue weighted by molar-refractivity contribution is -0.155. The summed E-state index contributed by atoms with van der Waals surface area (Å²) in [5.41, 5.74) is 2.96. The summed E-state index contributed by atoms with van der Waals surface area (Å²) in [5, 5.41) is 10.9. The van der Waals surface area contributed by atoms with Crippen LogP contribution in [0.5, 0.6) is 0 Å². The van der Waals surface area contributed by atoms with Crippen molar-refractivity contribution in [3.8, 4) is 0 Å². The van der Waals surface area contributed by atoms with Gasteiger partial charge in [0.25, 0.3) is 11.8 Å². The summed E-state index contributed by atoms with van der Waals surface area (Å²) in [4.78, 5) is 52.2. The van der Waals surface area contributed by atoms with E-state index in [1.165, 1.54) is 35.7 Å². The highest BCUT2D eigenvalue weighted by molar-refractivity contribution is 7.99. The second kappa shape index (κ2) is 10.9. The topological polar surface area (TPSA) is 107 Å². The molecule has 2 atom stereocenters. The van der Waals surface area contributed by atoms with E-state index in [2.05, 4.69) is 5.43 Å². The predicted molar refractivity (Wildman–Crippen MR) is 126 cm³/mol. The van der Waals surface area contributed by atoms with Crippen LogP contribution in [0.1, 0.15) is 22.8 Å². The van der Waals surface area contributed by atoms with E-state index < -0.39 is 29.9 Å². The number of hydrogen-bond acceptors (Lipinski definition) is 5. The maximum atomic E-state index is 13.5. The molecular weight excluding hydrogens is 489 g/mol. The van der Waals surface area contributed by atoms with Gasteiger partial charge in [0.05, 0.1) is 21.5 Å². The molecule has 1 heterocycles. The minimum atomic E-state index is -1.44. The summed E-state index contributed by atoms with van der Waals surface area (Å²) >= 11 is 13.6. The maximum Gasteiger partial charge on any atom is 0.328 e. The van der Waals surface area contributed by atoms with Gasteiger partial charge in [-0.2, -0.15) is 0 Å². The Labute approximate surface area is 204 Å². The summed E-state index contributed by atoms with van der Waals surface area (Å²) in [5.74, 6) is -2.63. The molecule has 3 amide bonds. The molecule has 1 aliphatic rings.